The minimum Gasteiger partial charge on any atom is -0.374 e. The Morgan fingerprint density at radius 1 is 1.33 bits per heavy atom. The van der Waals surface area contributed by atoms with Gasteiger partial charge in [0.15, 0.2) is 0 Å². The Morgan fingerprint density at radius 3 is 2.78 bits per heavy atom. The molecule has 0 bridgehead atoms. The van der Waals surface area contributed by atoms with Crippen LogP contribution >= 0.6 is 0 Å². The molecule has 0 aromatic heterocycles. The van der Waals surface area contributed by atoms with Gasteiger partial charge in [-0.2, -0.15) is 0 Å². The third-order valence-corrected chi connectivity index (χ3v) is 3.62. The maximum Gasteiger partial charge on any atom is 0.0409 e. The number of nitrogens with zero attached hydrogens (tertiary/aromatic N) is 1. The number of rotatable bonds is 7. The van der Waals surface area contributed by atoms with Gasteiger partial charge in [0, 0.05) is 25.8 Å². The molecule has 2 nitrogen and oxygen atoms in total. The van der Waals surface area contributed by atoms with Crippen LogP contribution in [-0.2, 0) is 6.54 Å². The van der Waals surface area contributed by atoms with Crippen molar-refractivity contribution in [1.82, 2.24) is 5.32 Å². The quantitative estimate of drug-likeness (QED) is 0.742. The molecule has 1 aromatic carbocycles. The van der Waals surface area contributed by atoms with Crippen molar-refractivity contribution in [2.75, 3.05) is 25.0 Å². The van der Waals surface area contributed by atoms with E-state index in [2.05, 4.69) is 49.3 Å². The molecule has 1 aliphatic carbocycles. The number of nitrogens with one attached hydrogen (secondary N) is 1. The first kappa shape index (κ1) is 13.4. The van der Waals surface area contributed by atoms with Gasteiger partial charge in [0.05, 0.1) is 0 Å². The molecule has 1 aromatic rings. The highest BCUT2D eigenvalue weighted by Crippen LogP contribution is 2.32. The molecule has 0 spiro atoms. The number of aryl methyl sites for hydroxylation is 1. The summed E-state index contributed by atoms with van der Waals surface area (Å²) in [6.07, 6.45) is 4.03. The van der Waals surface area contributed by atoms with Crippen LogP contribution in [0.5, 0.6) is 0 Å². The molecule has 1 N–H and O–H groups in total. The van der Waals surface area contributed by atoms with E-state index in [4.69, 9.17) is 0 Å². The number of hydrogen-bond acceptors (Lipinski definition) is 2. The summed E-state index contributed by atoms with van der Waals surface area (Å²) in [6.45, 7) is 7.68. The molecule has 18 heavy (non-hydrogen) atoms. The van der Waals surface area contributed by atoms with Crippen molar-refractivity contribution >= 4 is 5.69 Å². The second-order valence-corrected chi connectivity index (χ2v) is 5.63. The second-order valence-electron chi connectivity index (χ2n) is 5.63. The van der Waals surface area contributed by atoms with Crippen molar-refractivity contribution in [2.45, 2.75) is 39.7 Å². The molecule has 100 valence electrons. The first-order valence-corrected chi connectivity index (χ1v) is 7.22. The van der Waals surface area contributed by atoms with Gasteiger partial charge >= 0.3 is 0 Å². The predicted octanol–water partition coefficient (Wildman–Crippen LogP) is 3.34. The van der Waals surface area contributed by atoms with E-state index in [0.717, 1.165) is 19.0 Å². The Kier molecular flexibility index (Phi) is 4.65. The van der Waals surface area contributed by atoms with Crippen LogP contribution in [0.1, 0.15) is 37.3 Å². The Bertz CT molecular complexity index is 383. The monoisotopic (exact) mass is 246 g/mol. The van der Waals surface area contributed by atoms with Gasteiger partial charge in [-0.05, 0) is 50.3 Å². The predicted molar refractivity (Wildman–Crippen MR) is 79.2 cm³/mol. The zero-order valence-electron chi connectivity index (χ0n) is 12.0. The standard InChI is InChI=1S/C16H26N2/c1-4-9-17-11-15-10-13(2)5-8-16(15)18(3)12-14-6-7-14/h5,8,10,14,17H,4,6-7,9,11-12H2,1-3H3. The van der Waals surface area contributed by atoms with E-state index in [9.17, 15) is 0 Å². The van der Waals surface area contributed by atoms with E-state index in [0.29, 0.717) is 0 Å². The molecular formula is C16H26N2. The van der Waals surface area contributed by atoms with E-state index < -0.39 is 0 Å². The summed E-state index contributed by atoms with van der Waals surface area (Å²) in [7, 11) is 2.23. The lowest BCUT2D eigenvalue weighted by atomic mass is 10.1. The summed E-state index contributed by atoms with van der Waals surface area (Å²) in [5.74, 6) is 0.938. The molecule has 0 radical (unpaired) electrons. The first-order chi connectivity index (χ1) is 8.70. The molecular weight excluding hydrogens is 220 g/mol. The zero-order chi connectivity index (χ0) is 13.0. The van der Waals surface area contributed by atoms with Crippen LogP contribution in [-0.4, -0.2) is 20.1 Å². The molecule has 0 amide bonds. The molecule has 0 atom stereocenters. The normalized spacial score (nSPS) is 14.8. The van der Waals surface area contributed by atoms with Crippen molar-refractivity contribution in [3.63, 3.8) is 0 Å². The van der Waals surface area contributed by atoms with E-state index in [-0.39, 0.29) is 0 Å². The third kappa shape index (κ3) is 3.74. The molecule has 0 unspecified atom stereocenters. The van der Waals surface area contributed by atoms with E-state index in [1.54, 1.807) is 0 Å². The molecule has 2 heteroatoms. The van der Waals surface area contributed by atoms with Crippen LogP contribution in [0.15, 0.2) is 18.2 Å². The molecule has 0 heterocycles. The van der Waals surface area contributed by atoms with Crippen LogP contribution in [0.3, 0.4) is 0 Å². The summed E-state index contributed by atoms with van der Waals surface area (Å²) in [5, 5.41) is 3.52. The Labute approximate surface area is 111 Å². The number of anilines is 1. The average Bonchev–Trinajstić information content (AvgIpc) is 3.13. The van der Waals surface area contributed by atoms with Gasteiger partial charge < -0.3 is 10.2 Å². The van der Waals surface area contributed by atoms with E-state index in [1.807, 2.05) is 0 Å². The fourth-order valence-electron chi connectivity index (χ4n) is 2.41. The minimum atomic E-state index is 0.938. The lowest BCUT2D eigenvalue weighted by molar-refractivity contribution is 0.672. The maximum absolute atomic E-state index is 3.52. The van der Waals surface area contributed by atoms with Gasteiger partial charge in [0.1, 0.15) is 0 Å². The Morgan fingerprint density at radius 2 is 2.11 bits per heavy atom. The summed E-state index contributed by atoms with van der Waals surface area (Å²) >= 11 is 0. The second kappa shape index (κ2) is 6.24. The van der Waals surface area contributed by atoms with Crippen molar-refractivity contribution in [1.29, 1.82) is 0 Å². The highest BCUT2D eigenvalue weighted by atomic mass is 15.1. The lowest BCUT2D eigenvalue weighted by Gasteiger charge is -2.23. The molecule has 1 aliphatic rings. The SMILES string of the molecule is CCCNCc1cc(C)ccc1N(C)CC1CC1. The van der Waals surface area contributed by atoms with Gasteiger partial charge in [0.2, 0.25) is 0 Å². The van der Waals surface area contributed by atoms with Crippen LogP contribution in [0.25, 0.3) is 0 Å². The van der Waals surface area contributed by atoms with Crippen molar-refractivity contribution < 1.29 is 0 Å². The van der Waals surface area contributed by atoms with Gasteiger partial charge in [-0.3, -0.25) is 0 Å². The first-order valence-electron chi connectivity index (χ1n) is 7.22. The van der Waals surface area contributed by atoms with Crippen molar-refractivity contribution in [2.24, 2.45) is 5.92 Å². The summed E-state index contributed by atoms with van der Waals surface area (Å²) < 4.78 is 0. The van der Waals surface area contributed by atoms with E-state index in [1.165, 1.54) is 42.6 Å². The largest absolute Gasteiger partial charge is 0.374 e. The lowest BCUT2D eigenvalue weighted by Crippen LogP contribution is -2.23. The average molecular weight is 246 g/mol. The fourth-order valence-corrected chi connectivity index (χ4v) is 2.41. The van der Waals surface area contributed by atoms with Crippen LogP contribution in [0, 0.1) is 12.8 Å². The highest BCUT2D eigenvalue weighted by Gasteiger charge is 2.23. The van der Waals surface area contributed by atoms with Crippen LogP contribution < -0.4 is 10.2 Å². The molecule has 2 rings (SSSR count). The summed E-state index contributed by atoms with van der Waals surface area (Å²) in [4.78, 5) is 2.43. The zero-order valence-corrected chi connectivity index (χ0v) is 12.0. The summed E-state index contributed by atoms with van der Waals surface area (Å²) in [5.41, 5.74) is 4.19. The van der Waals surface area contributed by atoms with Crippen LogP contribution in [0.4, 0.5) is 5.69 Å². The molecule has 0 saturated heterocycles. The minimum absolute atomic E-state index is 0.938. The Balaban J connectivity index is 2.05. The number of hydrogen-bond donors (Lipinski definition) is 1. The van der Waals surface area contributed by atoms with Gasteiger partial charge in [-0.25, -0.2) is 0 Å². The highest BCUT2D eigenvalue weighted by molar-refractivity contribution is 5.54. The maximum atomic E-state index is 3.52. The summed E-state index contributed by atoms with van der Waals surface area (Å²) in [6, 6.07) is 6.82. The van der Waals surface area contributed by atoms with Gasteiger partial charge in [-0.1, -0.05) is 24.6 Å². The molecule has 0 aliphatic heterocycles. The van der Waals surface area contributed by atoms with Gasteiger partial charge in [-0.15, -0.1) is 0 Å². The number of benzene rings is 1. The topological polar surface area (TPSA) is 15.3 Å². The third-order valence-electron chi connectivity index (χ3n) is 3.62. The van der Waals surface area contributed by atoms with E-state index >= 15 is 0 Å². The fraction of sp³-hybridized carbons (Fsp3) is 0.625. The van der Waals surface area contributed by atoms with Crippen molar-refractivity contribution in [3.05, 3.63) is 29.3 Å². The van der Waals surface area contributed by atoms with Crippen LogP contribution in [0.2, 0.25) is 0 Å². The molecule has 1 saturated carbocycles. The van der Waals surface area contributed by atoms with Crippen molar-refractivity contribution in [3.8, 4) is 0 Å². The van der Waals surface area contributed by atoms with Gasteiger partial charge in [0.25, 0.3) is 0 Å². The smallest absolute Gasteiger partial charge is 0.0409 e. The molecule has 1 fully saturated rings. The Hall–Kier alpha value is -1.02.